The zero-order valence-electron chi connectivity index (χ0n) is 18.7. The normalized spacial score (nSPS) is 12.0. The lowest BCUT2D eigenvalue weighted by Gasteiger charge is -2.21. The molecule has 0 radical (unpaired) electrons. The van der Waals surface area contributed by atoms with Gasteiger partial charge in [0, 0.05) is 28.3 Å². The molecule has 3 rings (SSSR count). The van der Waals surface area contributed by atoms with Crippen LogP contribution in [0.1, 0.15) is 41.6 Å². The molecule has 0 saturated heterocycles. The Labute approximate surface area is 207 Å². The highest BCUT2D eigenvalue weighted by molar-refractivity contribution is 7.99. The van der Waals surface area contributed by atoms with Gasteiger partial charge < -0.3 is 15.2 Å². The van der Waals surface area contributed by atoms with Crippen molar-refractivity contribution in [2.75, 3.05) is 11.1 Å². The van der Waals surface area contributed by atoms with Gasteiger partial charge in [0.25, 0.3) is 5.91 Å². The van der Waals surface area contributed by atoms with Crippen molar-refractivity contribution in [1.29, 1.82) is 0 Å². The third kappa shape index (κ3) is 6.72. The molecule has 2 amide bonds. The molecule has 0 fully saturated rings. The Bertz CT molecular complexity index is 1150. The van der Waals surface area contributed by atoms with E-state index in [0.717, 1.165) is 5.56 Å². The molecule has 2 N–H and O–H groups in total. The maximum absolute atomic E-state index is 12.8. The number of aromatic nitrogens is 3. The zero-order valence-corrected chi connectivity index (χ0v) is 21.1. The van der Waals surface area contributed by atoms with Crippen molar-refractivity contribution in [1.82, 2.24) is 20.1 Å². The quantitative estimate of drug-likeness (QED) is 0.406. The molecule has 2 aromatic carbocycles. The van der Waals surface area contributed by atoms with Gasteiger partial charge in [0.15, 0.2) is 11.0 Å². The van der Waals surface area contributed by atoms with Crippen LogP contribution in [0.5, 0.6) is 0 Å². The molecular formula is C23H25Cl2N5O2S. The van der Waals surface area contributed by atoms with E-state index in [1.165, 1.54) is 11.8 Å². The Morgan fingerprint density at radius 2 is 1.79 bits per heavy atom. The average molecular weight is 506 g/mol. The van der Waals surface area contributed by atoms with Crippen LogP contribution in [0.4, 0.5) is 5.69 Å². The number of carbonyl (C=O) groups is 2. The number of nitrogens with zero attached hydrogens (tertiary/aromatic N) is 3. The van der Waals surface area contributed by atoms with Gasteiger partial charge in [-0.25, -0.2) is 0 Å². The number of rotatable bonds is 8. The first-order valence-corrected chi connectivity index (χ1v) is 12.0. The van der Waals surface area contributed by atoms with Crippen LogP contribution in [0.15, 0.2) is 47.6 Å². The SMILES string of the molecule is Cc1cccc(C(=O)N[C@@H](c2nnc(SCC(=O)Nc3cc(Cl)cc(Cl)c3)n2C)C(C)C)c1. The van der Waals surface area contributed by atoms with Crippen molar-refractivity contribution in [3.05, 3.63) is 69.5 Å². The third-order valence-electron chi connectivity index (χ3n) is 4.86. The molecular weight excluding hydrogens is 481 g/mol. The fourth-order valence-corrected chi connectivity index (χ4v) is 4.46. The molecule has 1 aromatic heterocycles. The van der Waals surface area contributed by atoms with Gasteiger partial charge in [-0.15, -0.1) is 10.2 Å². The van der Waals surface area contributed by atoms with Crippen molar-refractivity contribution in [3.63, 3.8) is 0 Å². The Morgan fingerprint density at radius 1 is 1.09 bits per heavy atom. The van der Waals surface area contributed by atoms with E-state index in [9.17, 15) is 9.59 Å². The minimum Gasteiger partial charge on any atom is -0.342 e. The monoisotopic (exact) mass is 505 g/mol. The molecule has 10 heteroatoms. The average Bonchev–Trinajstić information content (AvgIpc) is 3.09. The minimum absolute atomic E-state index is 0.0791. The van der Waals surface area contributed by atoms with E-state index in [-0.39, 0.29) is 29.5 Å². The van der Waals surface area contributed by atoms with Gasteiger partial charge in [0.2, 0.25) is 5.91 Å². The van der Waals surface area contributed by atoms with Crippen LogP contribution in [0, 0.1) is 12.8 Å². The molecule has 7 nitrogen and oxygen atoms in total. The summed E-state index contributed by atoms with van der Waals surface area (Å²) < 4.78 is 1.80. The van der Waals surface area contributed by atoms with Crippen LogP contribution >= 0.6 is 35.0 Å². The number of nitrogens with one attached hydrogen (secondary N) is 2. The first-order valence-electron chi connectivity index (χ1n) is 10.3. The lowest BCUT2D eigenvalue weighted by atomic mass is 10.0. The van der Waals surface area contributed by atoms with E-state index in [2.05, 4.69) is 20.8 Å². The molecule has 0 aliphatic heterocycles. The molecule has 1 heterocycles. The molecule has 0 aliphatic rings. The summed E-state index contributed by atoms with van der Waals surface area (Å²) in [7, 11) is 1.82. The van der Waals surface area contributed by atoms with E-state index in [1.807, 2.05) is 46.0 Å². The molecule has 0 saturated carbocycles. The van der Waals surface area contributed by atoms with Crippen molar-refractivity contribution < 1.29 is 9.59 Å². The number of amides is 2. The number of thioether (sulfide) groups is 1. The number of hydrogen-bond donors (Lipinski definition) is 2. The number of anilines is 1. The first-order chi connectivity index (χ1) is 15.6. The van der Waals surface area contributed by atoms with Gasteiger partial charge in [-0.1, -0.05) is 66.5 Å². The first kappa shape index (κ1) is 25.1. The van der Waals surface area contributed by atoms with Crippen molar-refractivity contribution >= 4 is 52.5 Å². The lowest BCUT2D eigenvalue weighted by molar-refractivity contribution is -0.113. The maximum atomic E-state index is 12.8. The Balaban J connectivity index is 1.67. The molecule has 0 bridgehead atoms. The van der Waals surface area contributed by atoms with E-state index >= 15 is 0 Å². The molecule has 0 spiro atoms. The summed E-state index contributed by atoms with van der Waals surface area (Å²) in [5.41, 5.74) is 2.13. The molecule has 174 valence electrons. The van der Waals surface area contributed by atoms with E-state index < -0.39 is 0 Å². The van der Waals surface area contributed by atoms with Crippen molar-refractivity contribution in [3.8, 4) is 0 Å². The largest absolute Gasteiger partial charge is 0.342 e. The number of aryl methyl sites for hydroxylation is 1. The summed E-state index contributed by atoms with van der Waals surface area (Å²) in [4.78, 5) is 25.2. The van der Waals surface area contributed by atoms with Crippen molar-refractivity contribution in [2.24, 2.45) is 13.0 Å². The van der Waals surface area contributed by atoms with Crippen LogP contribution in [0.25, 0.3) is 0 Å². The number of benzene rings is 2. The van der Waals surface area contributed by atoms with Gasteiger partial charge in [-0.2, -0.15) is 0 Å². The van der Waals surface area contributed by atoms with Crippen LogP contribution in [0.3, 0.4) is 0 Å². The second-order valence-corrected chi connectivity index (χ2v) is 9.77. The van der Waals surface area contributed by atoms with Gasteiger partial charge in [0.1, 0.15) is 0 Å². The summed E-state index contributed by atoms with van der Waals surface area (Å²) >= 11 is 13.2. The summed E-state index contributed by atoms with van der Waals surface area (Å²) in [6, 6.07) is 11.9. The molecule has 0 unspecified atom stereocenters. The van der Waals surface area contributed by atoms with Gasteiger partial charge in [-0.05, 0) is 43.2 Å². The summed E-state index contributed by atoms with van der Waals surface area (Å²) in [6.07, 6.45) is 0. The topological polar surface area (TPSA) is 88.9 Å². The Kier molecular flexibility index (Phi) is 8.40. The molecule has 1 atom stereocenters. The molecule has 0 aliphatic carbocycles. The fraction of sp³-hybridized carbons (Fsp3) is 0.304. The van der Waals surface area contributed by atoms with Gasteiger partial charge in [0.05, 0.1) is 11.8 Å². The number of halogens is 2. The van der Waals surface area contributed by atoms with Crippen LogP contribution < -0.4 is 10.6 Å². The predicted molar refractivity (Wildman–Crippen MR) is 133 cm³/mol. The minimum atomic E-state index is -0.340. The van der Waals surface area contributed by atoms with Gasteiger partial charge in [-0.3, -0.25) is 9.59 Å². The number of carbonyl (C=O) groups excluding carboxylic acids is 2. The summed E-state index contributed by atoms with van der Waals surface area (Å²) in [5.74, 6) is 0.425. The molecule has 3 aromatic rings. The van der Waals surface area contributed by atoms with Gasteiger partial charge >= 0.3 is 0 Å². The highest BCUT2D eigenvalue weighted by atomic mass is 35.5. The summed E-state index contributed by atoms with van der Waals surface area (Å²) in [6.45, 7) is 5.96. The smallest absolute Gasteiger partial charge is 0.251 e. The number of hydrogen-bond acceptors (Lipinski definition) is 5. The Morgan fingerprint density at radius 3 is 2.42 bits per heavy atom. The standard InChI is InChI=1S/C23H25Cl2N5O2S/c1-13(2)20(27-22(32)15-7-5-6-14(3)8-15)21-28-29-23(30(21)4)33-12-19(31)26-18-10-16(24)9-17(25)11-18/h5-11,13,20H,12H2,1-4H3,(H,26,31)(H,27,32)/t20-/m1/s1. The van der Waals surface area contributed by atoms with E-state index in [4.69, 9.17) is 23.2 Å². The lowest BCUT2D eigenvalue weighted by Crippen LogP contribution is -2.33. The Hall–Kier alpha value is -2.55. The van der Waals surface area contributed by atoms with E-state index in [0.29, 0.717) is 32.3 Å². The summed E-state index contributed by atoms with van der Waals surface area (Å²) in [5, 5.41) is 15.8. The predicted octanol–water partition coefficient (Wildman–Crippen LogP) is 5.29. The van der Waals surface area contributed by atoms with Crippen LogP contribution in [-0.2, 0) is 11.8 Å². The fourth-order valence-electron chi connectivity index (χ4n) is 3.22. The maximum Gasteiger partial charge on any atom is 0.251 e. The second-order valence-electron chi connectivity index (χ2n) is 7.96. The van der Waals surface area contributed by atoms with Crippen LogP contribution in [0.2, 0.25) is 10.0 Å². The molecule has 33 heavy (non-hydrogen) atoms. The highest BCUT2D eigenvalue weighted by Crippen LogP contribution is 2.26. The third-order valence-corrected chi connectivity index (χ3v) is 6.32. The van der Waals surface area contributed by atoms with Crippen LogP contribution in [-0.4, -0.2) is 32.3 Å². The zero-order chi connectivity index (χ0) is 24.1. The van der Waals surface area contributed by atoms with Crippen molar-refractivity contribution in [2.45, 2.75) is 32.0 Å². The second kappa shape index (κ2) is 11.0. The van der Waals surface area contributed by atoms with E-state index in [1.54, 1.807) is 28.8 Å². The highest BCUT2D eigenvalue weighted by Gasteiger charge is 2.25.